The Kier molecular flexibility index (Phi) is 3.36. The van der Waals surface area contributed by atoms with E-state index in [1.807, 2.05) is 0 Å². The fraction of sp³-hybridized carbons (Fsp3) is 1.00. The van der Waals surface area contributed by atoms with Gasteiger partial charge in [-0.2, -0.15) is 0 Å². The Bertz CT molecular complexity index is 197. The first-order chi connectivity index (χ1) is 7.13. The van der Waals surface area contributed by atoms with Gasteiger partial charge in [0.2, 0.25) is 0 Å². The highest BCUT2D eigenvalue weighted by Crippen LogP contribution is 2.35. The van der Waals surface area contributed by atoms with Crippen LogP contribution in [-0.4, -0.2) is 23.3 Å². The average molecular weight is 211 g/mol. The largest absolute Gasteiger partial charge is 0.394 e. The summed E-state index contributed by atoms with van der Waals surface area (Å²) in [6.07, 6.45) is 7.60. The maximum atomic E-state index is 9.44. The highest BCUT2D eigenvalue weighted by Gasteiger charge is 2.39. The molecule has 0 aromatic rings. The molecule has 0 heterocycles. The number of hydrogen-bond donors (Lipinski definition) is 2. The van der Waals surface area contributed by atoms with Crippen LogP contribution in [0.4, 0.5) is 0 Å². The molecule has 2 atom stereocenters. The second kappa shape index (κ2) is 4.42. The SMILES string of the molecule is CC1CC(C)CC(NC2(CO)CCC2)C1. The summed E-state index contributed by atoms with van der Waals surface area (Å²) in [6, 6.07) is 0.649. The maximum absolute atomic E-state index is 9.44. The van der Waals surface area contributed by atoms with E-state index in [4.69, 9.17) is 0 Å². The van der Waals surface area contributed by atoms with Crippen molar-refractivity contribution in [2.45, 2.75) is 64.0 Å². The van der Waals surface area contributed by atoms with Crippen LogP contribution in [0.3, 0.4) is 0 Å². The van der Waals surface area contributed by atoms with Gasteiger partial charge in [0.15, 0.2) is 0 Å². The van der Waals surface area contributed by atoms with Crippen molar-refractivity contribution in [1.82, 2.24) is 5.32 Å². The third-order valence-corrected chi connectivity index (χ3v) is 4.30. The summed E-state index contributed by atoms with van der Waals surface area (Å²) in [5.74, 6) is 1.70. The van der Waals surface area contributed by atoms with E-state index in [0.29, 0.717) is 12.6 Å². The zero-order chi connectivity index (χ0) is 10.9. The normalized spacial score (nSPS) is 39.8. The van der Waals surface area contributed by atoms with Crippen LogP contribution in [0.15, 0.2) is 0 Å². The van der Waals surface area contributed by atoms with E-state index < -0.39 is 0 Å². The minimum Gasteiger partial charge on any atom is -0.394 e. The number of hydrogen-bond acceptors (Lipinski definition) is 2. The maximum Gasteiger partial charge on any atom is 0.0613 e. The summed E-state index contributed by atoms with van der Waals surface area (Å²) >= 11 is 0. The van der Waals surface area contributed by atoms with E-state index in [1.54, 1.807) is 0 Å². The number of rotatable bonds is 3. The van der Waals surface area contributed by atoms with E-state index in [-0.39, 0.29) is 5.54 Å². The molecule has 2 fully saturated rings. The quantitative estimate of drug-likeness (QED) is 0.751. The van der Waals surface area contributed by atoms with Gasteiger partial charge in [-0.15, -0.1) is 0 Å². The molecule has 0 bridgehead atoms. The van der Waals surface area contributed by atoms with E-state index in [0.717, 1.165) is 11.8 Å². The molecule has 88 valence electrons. The van der Waals surface area contributed by atoms with Crippen LogP contribution >= 0.6 is 0 Å². The minimum atomic E-state index is 0.0987. The fourth-order valence-electron chi connectivity index (χ4n) is 3.45. The first kappa shape index (κ1) is 11.4. The van der Waals surface area contributed by atoms with E-state index >= 15 is 0 Å². The van der Waals surface area contributed by atoms with Gasteiger partial charge in [0.25, 0.3) is 0 Å². The zero-order valence-electron chi connectivity index (χ0n) is 10.1. The smallest absolute Gasteiger partial charge is 0.0613 e. The van der Waals surface area contributed by atoms with Gasteiger partial charge in [-0.25, -0.2) is 0 Å². The molecule has 0 saturated heterocycles. The lowest BCUT2D eigenvalue weighted by atomic mass is 9.74. The first-order valence-corrected chi connectivity index (χ1v) is 6.52. The number of aliphatic hydroxyl groups is 1. The molecular weight excluding hydrogens is 186 g/mol. The van der Waals surface area contributed by atoms with Gasteiger partial charge in [-0.05, 0) is 50.4 Å². The summed E-state index contributed by atoms with van der Waals surface area (Å²) in [5.41, 5.74) is 0.0987. The molecule has 2 heteroatoms. The standard InChI is InChI=1S/C13H25NO/c1-10-6-11(2)8-12(7-10)14-13(9-15)4-3-5-13/h10-12,14-15H,3-9H2,1-2H3. The van der Waals surface area contributed by atoms with Crippen LogP contribution < -0.4 is 5.32 Å². The van der Waals surface area contributed by atoms with E-state index in [1.165, 1.54) is 38.5 Å². The summed E-state index contributed by atoms with van der Waals surface area (Å²) in [5, 5.41) is 13.2. The Morgan fingerprint density at radius 2 is 1.73 bits per heavy atom. The first-order valence-electron chi connectivity index (χ1n) is 6.52. The van der Waals surface area contributed by atoms with Crippen LogP contribution in [0.2, 0.25) is 0 Å². The van der Waals surface area contributed by atoms with Crippen molar-refractivity contribution in [1.29, 1.82) is 0 Å². The van der Waals surface area contributed by atoms with Gasteiger partial charge in [0.05, 0.1) is 6.61 Å². The molecule has 0 spiro atoms. The van der Waals surface area contributed by atoms with Gasteiger partial charge >= 0.3 is 0 Å². The third kappa shape index (κ3) is 2.54. The average Bonchev–Trinajstić information content (AvgIpc) is 2.10. The molecule has 2 aliphatic rings. The molecule has 2 aliphatic carbocycles. The van der Waals surface area contributed by atoms with E-state index in [9.17, 15) is 5.11 Å². The van der Waals surface area contributed by atoms with E-state index in [2.05, 4.69) is 19.2 Å². The van der Waals surface area contributed by atoms with Gasteiger partial charge in [-0.1, -0.05) is 13.8 Å². The van der Waals surface area contributed by atoms with Crippen molar-refractivity contribution < 1.29 is 5.11 Å². The lowest BCUT2D eigenvalue weighted by Gasteiger charge is -2.46. The van der Waals surface area contributed by atoms with Crippen molar-refractivity contribution in [3.8, 4) is 0 Å². The van der Waals surface area contributed by atoms with Crippen molar-refractivity contribution in [3.63, 3.8) is 0 Å². The highest BCUT2D eigenvalue weighted by molar-refractivity contribution is 4.98. The predicted octanol–water partition coefficient (Wildman–Crippen LogP) is 2.32. The molecule has 0 radical (unpaired) electrons. The van der Waals surface area contributed by atoms with Crippen LogP contribution in [0.1, 0.15) is 52.4 Å². The third-order valence-electron chi connectivity index (χ3n) is 4.30. The molecular formula is C13H25NO. The van der Waals surface area contributed by atoms with Crippen LogP contribution in [0.25, 0.3) is 0 Å². The molecule has 2 saturated carbocycles. The molecule has 2 unspecified atom stereocenters. The Hall–Kier alpha value is -0.0800. The van der Waals surface area contributed by atoms with Crippen molar-refractivity contribution in [3.05, 3.63) is 0 Å². The molecule has 15 heavy (non-hydrogen) atoms. The predicted molar refractivity (Wildman–Crippen MR) is 62.8 cm³/mol. The molecule has 2 rings (SSSR count). The lowest BCUT2D eigenvalue weighted by Crippen LogP contribution is -2.58. The molecule has 0 aliphatic heterocycles. The van der Waals surface area contributed by atoms with Gasteiger partial charge in [-0.3, -0.25) is 0 Å². The summed E-state index contributed by atoms with van der Waals surface area (Å²) in [6.45, 7) is 5.04. The number of nitrogens with one attached hydrogen (secondary N) is 1. The fourth-order valence-corrected chi connectivity index (χ4v) is 3.45. The topological polar surface area (TPSA) is 32.3 Å². The summed E-state index contributed by atoms with van der Waals surface area (Å²) in [4.78, 5) is 0. The second-order valence-corrected chi connectivity index (χ2v) is 6.05. The van der Waals surface area contributed by atoms with Crippen LogP contribution in [-0.2, 0) is 0 Å². The monoisotopic (exact) mass is 211 g/mol. The molecule has 0 aromatic heterocycles. The number of aliphatic hydroxyl groups excluding tert-OH is 1. The van der Waals surface area contributed by atoms with Crippen LogP contribution in [0.5, 0.6) is 0 Å². The lowest BCUT2D eigenvalue weighted by molar-refractivity contribution is 0.0615. The van der Waals surface area contributed by atoms with Gasteiger partial charge in [0.1, 0.15) is 0 Å². The molecule has 0 aromatic carbocycles. The van der Waals surface area contributed by atoms with Crippen molar-refractivity contribution in [2.24, 2.45) is 11.8 Å². The van der Waals surface area contributed by atoms with Crippen LogP contribution in [0, 0.1) is 11.8 Å². The Morgan fingerprint density at radius 1 is 1.13 bits per heavy atom. The minimum absolute atomic E-state index is 0.0987. The van der Waals surface area contributed by atoms with Crippen molar-refractivity contribution >= 4 is 0 Å². The zero-order valence-corrected chi connectivity index (χ0v) is 10.1. The summed E-state index contributed by atoms with van der Waals surface area (Å²) in [7, 11) is 0. The molecule has 0 amide bonds. The Labute approximate surface area is 93.5 Å². The Morgan fingerprint density at radius 3 is 2.13 bits per heavy atom. The van der Waals surface area contributed by atoms with Gasteiger partial charge in [0, 0.05) is 11.6 Å². The molecule has 2 N–H and O–H groups in total. The summed E-state index contributed by atoms with van der Waals surface area (Å²) < 4.78 is 0. The highest BCUT2D eigenvalue weighted by atomic mass is 16.3. The van der Waals surface area contributed by atoms with Gasteiger partial charge < -0.3 is 10.4 Å². The second-order valence-electron chi connectivity index (χ2n) is 6.05. The van der Waals surface area contributed by atoms with Crippen molar-refractivity contribution in [2.75, 3.05) is 6.61 Å². The molecule has 2 nitrogen and oxygen atoms in total. The Balaban J connectivity index is 1.87.